The third kappa shape index (κ3) is 2.51. The largest absolute Gasteiger partial charge is 0.445 e. The average molecular weight is 312 g/mol. The maximum atomic E-state index is 12.2. The number of nitrogens with zero attached hydrogens (tertiary/aromatic N) is 2. The molecule has 3 heterocycles. The normalized spacial score (nSPS) is 25.8. The Morgan fingerprint density at radius 3 is 2.83 bits per heavy atom. The number of fused-ring (bicyclic) bond motifs is 1. The van der Waals surface area contributed by atoms with Crippen LogP contribution in [0, 0.1) is 0 Å². The van der Waals surface area contributed by atoms with Gasteiger partial charge in [0.25, 0.3) is 0 Å². The van der Waals surface area contributed by atoms with Crippen LogP contribution in [0.25, 0.3) is 0 Å². The molecule has 1 aromatic heterocycles. The van der Waals surface area contributed by atoms with Crippen molar-refractivity contribution in [3.05, 3.63) is 59.9 Å². The van der Waals surface area contributed by atoms with Crippen LogP contribution in [-0.4, -0.2) is 34.8 Å². The number of hydrogen-bond acceptors (Lipinski definition) is 3. The molecule has 0 saturated carbocycles. The Balaban J connectivity index is 1.35. The highest BCUT2D eigenvalue weighted by atomic mass is 16.6. The van der Waals surface area contributed by atoms with E-state index < -0.39 is 0 Å². The minimum Gasteiger partial charge on any atom is -0.445 e. The van der Waals surface area contributed by atoms with Crippen LogP contribution in [0.3, 0.4) is 0 Å². The van der Waals surface area contributed by atoms with Crippen molar-refractivity contribution in [2.24, 2.45) is 7.05 Å². The Bertz CT molecular complexity index is 712. The van der Waals surface area contributed by atoms with Gasteiger partial charge >= 0.3 is 6.09 Å². The number of piperidine rings is 1. The summed E-state index contributed by atoms with van der Waals surface area (Å²) in [6.45, 7) is 1.57. The van der Waals surface area contributed by atoms with Crippen molar-refractivity contribution in [2.75, 3.05) is 13.1 Å². The molecule has 4 rings (SSSR count). The van der Waals surface area contributed by atoms with Crippen LogP contribution in [0.5, 0.6) is 0 Å². The van der Waals surface area contributed by atoms with Gasteiger partial charge in [-0.25, -0.2) is 4.79 Å². The van der Waals surface area contributed by atoms with Crippen molar-refractivity contribution in [3.8, 4) is 0 Å². The smallest absolute Gasteiger partial charge is 0.410 e. The van der Waals surface area contributed by atoms with Crippen molar-refractivity contribution in [3.63, 3.8) is 0 Å². The molecular formula is C18H20N2O3. The predicted molar refractivity (Wildman–Crippen MR) is 84.8 cm³/mol. The molecule has 2 aromatic rings. The van der Waals surface area contributed by atoms with Crippen molar-refractivity contribution < 1.29 is 14.3 Å². The Kier molecular flexibility index (Phi) is 3.38. The number of epoxide rings is 1. The van der Waals surface area contributed by atoms with Crippen LogP contribution in [-0.2, 0) is 28.7 Å². The number of rotatable bonds is 3. The number of carbonyl (C=O) groups excluding carboxylic acids is 1. The highest BCUT2D eigenvalue weighted by molar-refractivity contribution is 5.68. The molecule has 2 fully saturated rings. The van der Waals surface area contributed by atoms with E-state index in [-0.39, 0.29) is 17.8 Å². The Hall–Kier alpha value is -2.27. The molecule has 1 amide bonds. The maximum Gasteiger partial charge on any atom is 0.410 e. The molecule has 2 atom stereocenters. The number of amides is 1. The molecule has 2 aliphatic heterocycles. The monoisotopic (exact) mass is 312 g/mol. The minimum absolute atomic E-state index is 0.0779. The first kappa shape index (κ1) is 14.3. The van der Waals surface area contributed by atoms with Crippen molar-refractivity contribution in [2.45, 2.75) is 24.7 Å². The summed E-state index contributed by atoms with van der Waals surface area (Å²) >= 11 is 0. The molecular weight excluding hydrogens is 292 g/mol. The SMILES string of the molecule is Cn1cccc1[C@]12CCN(C(=O)OCc3ccccc3)C[C@@H]1O2. The molecule has 5 heteroatoms. The molecule has 0 bridgehead atoms. The molecule has 120 valence electrons. The highest BCUT2D eigenvalue weighted by Crippen LogP contribution is 2.51. The van der Waals surface area contributed by atoms with Gasteiger partial charge in [0.1, 0.15) is 18.3 Å². The van der Waals surface area contributed by atoms with E-state index in [1.165, 1.54) is 5.69 Å². The fourth-order valence-electron chi connectivity index (χ4n) is 3.45. The van der Waals surface area contributed by atoms with Crippen LogP contribution >= 0.6 is 0 Å². The van der Waals surface area contributed by atoms with E-state index in [9.17, 15) is 4.79 Å². The summed E-state index contributed by atoms with van der Waals surface area (Å²) in [5.41, 5.74) is 1.99. The summed E-state index contributed by atoms with van der Waals surface area (Å²) in [6, 6.07) is 13.9. The van der Waals surface area contributed by atoms with Crippen LogP contribution in [0.15, 0.2) is 48.7 Å². The number of ether oxygens (including phenoxy) is 2. The van der Waals surface area contributed by atoms with Crippen LogP contribution in [0.1, 0.15) is 17.7 Å². The first-order valence-electron chi connectivity index (χ1n) is 7.94. The lowest BCUT2D eigenvalue weighted by Crippen LogP contribution is -2.42. The number of benzene rings is 1. The van der Waals surface area contributed by atoms with Gasteiger partial charge in [-0.3, -0.25) is 0 Å². The van der Waals surface area contributed by atoms with Gasteiger partial charge in [0.2, 0.25) is 0 Å². The summed E-state index contributed by atoms with van der Waals surface area (Å²) in [5.74, 6) is 0. The van der Waals surface area contributed by atoms with Gasteiger partial charge in [0, 0.05) is 26.2 Å². The topological polar surface area (TPSA) is 47.0 Å². The summed E-state index contributed by atoms with van der Waals surface area (Å²) in [5, 5.41) is 0. The number of aryl methyl sites for hydroxylation is 1. The molecule has 0 spiro atoms. The van der Waals surface area contributed by atoms with E-state index in [1.807, 2.05) is 49.6 Å². The third-order valence-corrected chi connectivity index (χ3v) is 4.80. The van der Waals surface area contributed by atoms with Crippen molar-refractivity contribution >= 4 is 6.09 Å². The number of hydrogen-bond donors (Lipinski definition) is 0. The molecule has 0 radical (unpaired) electrons. The van der Waals surface area contributed by atoms with Crippen LogP contribution in [0.4, 0.5) is 4.79 Å². The Morgan fingerprint density at radius 1 is 1.30 bits per heavy atom. The van der Waals surface area contributed by atoms with Gasteiger partial charge in [0.15, 0.2) is 0 Å². The first-order chi connectivity index (χ1) is 11.2. The molecule has 5 nitrogen and oxygen atoms in total. The zero-order valence-corrected chi connectivity index (χ0v) is 13.1. The number of carbonyl (C=O) groups is 1. The summed E-state index contributed by atoms with van der Waals surface area (Å²) in [4.78, 5) is 14.0. The lowest BCUT2D eigenvalue weighted by Gasteiger charge is -2.28. The first-order valence-corrected chi connectivity index (χ1v) is 7.94. The summed E-state index contributed by atoms with van der Waals surface area (Å²) in [7, 11) is 2.03. The lowest BCUT2D eigenvalue weighted by molar-refractivity contribution is 0.0894. The quantitative estimate of drug-likeness (QED) is 0.819. The van der Waals surface area contributed by atoms with Gasteiger partial charge in [-0.05, 0) is 17.7 Å². The Morgan fingerprint density at radius 2 is 2.13 bits per heavy atom. The van der Waals surface area contributed by atoms with E-state index in [0.717, 1.165) is 12.0 Å². The van der Waals surface area contributed by atoms with Gasteiger partial charge in [-0.2, -0.15) is 0 Å². The van der Waals surface area contributed by atoms with E-state index in [0.29, 0.717) is 19.7 Å². The molecule has 0 unspecified atom stereocenters. The van der Waals surface area contributed by atoms with Crippen molar-refractivity contribution in [1.82, 2.24) is 9.47 Å². The second kappa shape index (κ2) is 5.42. The van der Waals surface area contributed by atoms with E-state index in [2.05, 4.69) is 10.6 Å². The molecule has 2 saturated heterocycles. The van der Waals surface area contributed by atoms with Gasteiger partial charge < -0.3 is 18.9 Å². The molecule has 1 aromatic carbocycles. The minimum atomic E-state index is -0.259. The molecule has 0 N–H and O–H groups in total. The second-order valence-corrected chi connectivity index (χ2v) is 6.24. The molecule has 2 aliphatic rings. The van der Waals surface area contributed by atoms with Crippen LogP contribution < -0.4 is 0 Å². The fourth-order valence-corrected chi connectivity index (χ4v) is 3.45. The van der Waals surface area contributed by atoms with Crippen LogP contribution in [0.2, 0.25) is 0 Å². The fraction of sp³-hybridized carbons (Fsp3) is 0.389. The van der Waals surface area contributed by atoms with Gasteiger partial charge in [0.05, 0.1) is 12.2 Å². The third-order valence-electron chi connectivity index (χ3n) is 4.80. The predicted octanol–water partition coefficient (Wildman–Crippen LogP) is 2.66. The van der Waals surface area contributed by atoms with Gasteiger partial charge in [-0.1, -0.05) is 30.3 Å². The second-order valence-electron chi connectivity index (χ2n) is 6.24. The van der Waals surface area contributed by atoms with Gasteiger partial charge in [-0.15, -0.1) is 0 Å². The molecule has 23 heavy (non-hydrogen) atoms. The zero-order chi connectivity index (χ0) is 15.9. The molecule has 0 aliphatic carbocycles. The average Bonchev–Trinajstić information content (AvgIpc) is 3.16. The lowest BCUT2D eigenvalue weighted by atomic mass is 9.93. The van der Waals surface area contributed by atoms with E-state index in [1.54, 1.807) is 4.90 Å². The van der Waals surface area contributed by atoms with E-state index >= 15 is 0 Å². The standard InChI is InChI=1S/C18H20N2O3/c1-19-10-5-8-15(19)18-9-11-20(12-16(18)23-18)17(21)22-13-14-6-3-2-4-7-14/h2-8,10,16H,9,11-13H2,1H3/t16-,18+/m0/s1. The van der Waals surface area contributed by atoms with Crippen molar-refractivity contribution in [1.29, 1.82) is 0 Å². The van der Waals surface area contributed by atoms with E-state index in [4.69, 9.17) is 9.47 Å². The maximum absolute atomic E-state index is 12.2. The summed E-state index contributed by atoms with van der Waals surface area (Å²) in [6.07, 6.45) is 2.66. The Labute approximate surface area is 135 Å². The zero-order valence-electron chi connectivity index (χ0n) is 13.1. The number of likely N-dealkylation sites (tertiary alicyclic amines) is 1. The highest BCUT2D eigenvalue weighted by Gasteiger charge is 2.62. The number of aromatic nitrogens is 1. The summed E-state index contributed by atoms with van der Waals surface area (Å²) < 4.78 is 13.5.